The maximum atomic E-state index is 5.63. The maximum absolute atomic E-state index is 5.63. The topological polar surface area (TPSA) is 27.7 Å². The second kappa shape index (κ2) is 9.14. The molecule has 3 aromatic rings. The molecule has 0 saturated carbocycles. The van der Waals surface area contributed by atoms with E-state index in [1.165, 1.54) is 5.56 Å². The van der Waals surface area contributed by atoms with E-state index < -0.39 is 0 Å². The van der Waals surface area contributed by atoms with Gasteiger partial charge in [0, 0.05) is 6.07 Å². The van der Waals surface area contributed by atoms with Crippen molar-refractivity contribution in [2.75, 3.05) is 21.3 Å². The molecule has 0 fully saturated rings. The standard InChI is InChI=1S/C25H26O3/c1-5-19-11-12-20(16-25(19)28-4)24(13-18-9-7-6-8-10-18)21-14-22(26-2)17-23(15-21)27-3/h6-17H,5H2,1-4H3/b24-13+. The average molecular weight is 374 g/mol. The summed E-state index contributed by atoms with van der Waals surface area (Å²) >= 11 is 0. The molecule has 0 bridgehead atoms. The van der Waals surface area contributed by atoms with Crippen molar-refractivity contribution in [2.45, 2.75) is 13.3 Å². The maximum Gasteiger partial charge on any atom is 0.123 e. The van der Waals surface area contributed by atoms with Crippen LogP contribution in [0.2, 0.25) is 0 Å². The second-order valence-corrected chi connectivity index (χ2v) is 6.45. The first kappa shape index (κ1) is 19.6. The van der Waals surface area contributed by atoms with Crippen LogP contribution in [-0.2, 0) is 6.42 Å². The number of benzene rings is 3. The number of methoxy groups -OCH3 is 3. The summed E-state index contributed by atoms with van der Waals surface area (Å²) in [6, 6.07) is 22.6. The van der Waals surface area contributed by atoms with Gasteiger partial charge >= 0.3 is 0 Å². The molecule has 0 unspecified atom stereocenters. The summed E-state index contributed by atoms with van der Waals surface area (Å²) < 4.78 is 16.6. The van der Waals surface area contributed by atoms with E-state index in [0.717, 1.165) is 45.9 Å². The van der Waals surface area contributed by atoms with Crippen molar-refractivity contribution in [3.63, 3.8) is 0 Å². The van der Waals surface area contributed by atoms with Gasteiger partial charge in [-0.2, -0.15) is 0 Å². The van der Waals surface area contributed by atoms with Gasteiger partial charge in [0.15, 0.2) is 0 Å². The molecule has 0 amide bonds. The van der Waals surface area contributed by atoms with Crippen LogP contribution in [0.5, 0.6) is 17.2 Å². The summed E-state index contributed by atoms with van der Waals surface area (Å²) in [6.45, 7) is 2.13. The highest BCUT2D eigenvalue weighted by molar-refractivity contribution is 5.92. The van der Waals surface area contributed by atoms with Crippen LogP contribution in [0.3, 0.4) is 0 Å². The minimum atomic E-state index is 0.755. The molecule has 0 N–H and O–H groups in total. The molecule has 0 saturated heterocycles. The van der Waals surface area contributed by atoms with Crippen LogP contribution in [-0.4, -0.2) is 21.3 Å². The van der Waals surface area contributed by atoms with Crippen molar-refractivity contribution < 1.29 is 14.2 Å². The first-order valence-electron chi connectivity index (χ1n) is 9.36. The van der Waals surface area contributed by atoms with Gasteiger partial charge in [-0.15, -0.1) is 0 Å². The van der Waals surface area contributed by atoms with Crippen molar-refractivity contribution in [3.8, 4) is 17.2 Å². The quantitative estimate of drug-likeness (QED) is 0.485. The molecule has 144 valence electrons. The molecule has 0 aliphatic carbocycles. The average Bonchev–Trinajstić information content (AvgIpc) is 2.77. The molecule has 3 nitrogen and oxygen atoms in total. The lowest BCUT2D eigenvalue weighted by Gasteiger charge is -2.15. The molecule has 0 heterocycles. The van der Waals surface area contributed by atoms with Gasteiger partial charge in [0.1, 0.15) is 17.2 Å². The smallest absolute Gasteiger partial charge is 0.123 e. The van der Waals surface area contributed by atoms with E-state index in [1.54, 1.807) is 21.3 Å². The zero-order chi connectivity index (χ0) is 19.9. The summed E-state index contributed by atoms with van der Waals surface area (Å²) in [5.74, 6) is 2.41. The van der Waals surface area contributed by atoms with E-state index in [4.69, 9.17) is 14.2 Å². The zero-order valence-corrected chi connectivity index (χ0v) is 16.9. The Balaban J connectivity index is 2.21. The first-order valence-corrected chi connectivity index (χ1v) is 9.36. The van der Waals surface area contributed by atoms with E-state index >= 15 is 0 Å². The lowest BCUT2D eigenvalue weighted by atomic mass is 9.94. The minimum absolute atomic E-state index is 0.755. The van der Waals surface area contributed by atoms with Crippen LogP contribution < -0.4 is 14.2 Å². The molecule has 0 aromatic heterocycles. The van der Waals surface area contributed by atoms with Crippen molar-refractivity contribution in [3.05, 3.63) is 89.0 Å². The second-order valence-electron chi connectivity index (χ2n) is 6.45. The molecule has 0 atom stereocenters. The number of ether oxygens (including phenoxy) is 3. The third-order valence-corrected chi connectivity index (χ3v) is 4.75. The van der Waals surface area contributed by atoms with Gasteiger partial charge < -0.3 is 14.2 Å². The summed E-state index contributed by atoms with van der Waals surface area (Å²) in [5.41, 5.74) is 5.48. The van der Waals surface area contributed by atoms with E-state index in [9.17, 15) is 0 Å². The van der Waals surface area contributed by atoms with Gasteiger partial charge in [0.05, 0.1) is 21.3 Å². The minimum Gasteiger partial charge on any atom is -0.497 e. The van der Waals surface area contributed by atoms with Crippen molar-refractivity contribution >= 4 is 11.6 Å². The highest BCUT2D eigenvalue weighted by Crippen LogP contribution is 2.34. The molecule has 0 aliphatic heterocycles. The molecular formula is C25H26O3. The van der Waals surface area contributed by atoms with Gasteiger partial charge in [-0.05, 0) is 58.5 Å². The Morgan fingerprint density at radius 3 is 2.00 bits per heavy atom. The zero-order valence-electron chi connectivity index (χ0n) is 16.9. The Morgan fingerprint density at radius 1 is 0.750 bits per heavy atom. The lowest BCUT2D eigenvalue weighted by molar-refractivity contribution is 0.394. The summed E-state index contributed by atoms with van der Waals surface area (Å²) in [5, 5.41) is 0. The molecule has 0 spiro atoms. The SMILES string of the molecule is CCc1ccc(/C(=C\c2ccccc2)c2cc(OC)cc(OC)c2)cc1OC. The highest BCUT2D eigenvalue weighted by atomic mass is 16.5. The predicted octanol–water partition coefficient (Wildman–Crippen LogP) is 5.86. The number of hydrogen-bond donors (Lipinski definition) is 0. The molecule has 0 aliphatic rings. The fraction of sp³-hybridized carbons (Fsp3) is 0.200. The fourth-order valence-electron chi connectivity index (χ4n) is 3.22. The summed E-state index contributed by atoms with van der Waals surface area (Å²) in [6.07, 6.45) is 3.10. The highest BCUT2D eigenvalue weighted by Gasteiger charge is 2.12. The molecule has 3 aromatic carbocycles. The Bertz CT molecular complexity index is 937. The third-order valence-electron chi connectivity index (χ3n) is 4.75. The monoisotopic (exact) mass is 374 g/mol. The molecule has 3 rings (SSSR count). The van der Waals surface area contributed by atoms with Crippen molar-refractivity contribution in [2.24, 2.45) is 0 Å². The van der Waals surface area contributed by atoms with Gasteiger partial charge in [0.2, 0.25) is 0 Å². The van der Waals surface area contributed by atoms with Crippen LogP contribution >= 0.6 is 0 Å². The van der Waals surface area contributed by atoms with Crippen LogP contribution in [0, 0.1) is 0 Å². The van der Waals surface area contributed by atoms with Gasteiger partial charge in [0.25, 0.3) is 0 Å². The van der Waals surface area contributed by atoms with E-state index in [-0.39, 0.29) is 0 Å². The normalized spacial score (nSPS) is 11.2. The van der Waals surface area contributed by atoms with Crippen molar-refractivity contribution in [1.29, 1.82) is 0 Å². The molecule has 3 heteroatoms. The number of hydrogen-bond acceptors (Lipinski definition) is 3. The molecular weight excluding hydrogens is 348 g/mol. The van der Waals surface area contributed by atoms with Gasteiger partial charge in [-0.25, -0.2) is 0 Å². The Labute approximate surface area is 167 Å². The molecule has 28 heavy (non-hydrogen) atoms. The van der Waals surface area contributed by atoms with E-state index in [1.807, 2.05) is 36.4 Å². The molecule has 0 radical (unpaired) electrons. The Morgan fingerprint density at radius 2 is 1.43 bits per heavy atom. The Kier molecular flexibility index (Phi) is 6.38. The Hall–Kier alpha value is -3.20. The third kappa shape index (κ3) is 4.37. The summed E-state index contributed by atoms with van der Waals surface area (Å²) in [4.78, 5) is 0. The lowest BCUT2D eigenvalue weighted by Crippen LogP contribution is -1.96. The number of aryl methyl sites for hydroxylation is 1. The van der Waals surface area contributed by atoms with Crippen molar-refractivity contribution in [1.82, 2.24) is 0 Å². The first-order chi connectivity index (χ1) is 13.7. The van der Waals surface area contributed by atoms with E-state index in [0.29, 0.717) is 0 Å². The van der Waals surface area contributed by atoms with Gasteiger partial charge in [-0.3, -0.25) is 0 Å². The largest absolute Gasteiger partial charge is 0.497 e. The van der Waals surface area contributed by atoms with E-state index in [2.05, 4.69) is 43.3 Å². The van der Waals surface area contributed by atoms with Crippen LogP contribution in [0.25, 0.3) is 11.6 Å². The fourth-order valence-corrected chi connectivity index (χ4v) is 3.22. The summed E-state index contributed by atoms with van der Waals surface area (Å²) in [7, 11) is 5.05. The van der Waals surface area contributed by atoms with Crippen LogP contribution in [0.15, 0.2) is 66.7 Å². The predicted molar refractivity (Wildman–Crippen MR) is 115 cm³/mol. The van der Waals surface area contributed by atoms with Crippen LogP contribution in [0.4, 0.5) is 0 Å². The van der Waals surface area contributed by atoms with Crippen LogP contribution in [0.1, 0.15) is 29.2 Å². The van der Waals surface area contributed by atoms with Gasteiger partial charge in [-0.1, -0.05) is 49.4 Å². The number of rotatable bonds is 7.